The average molecular weight is 250 g/mol. The lowest BCUT2D eigenvalue weighted by Crippen LogP contribution is -2.15. The second kappa shape index (κ2) is 4.18. The Morgan fingerprint density at radius 2 is 2.12 bits per heavy atom. The van der Waals surface area contributed by atoms with Gasteiger partial charge >= 0.3 is 0 Å². The van der Waals surface area contributed by atoms with Gasteiger partial charge in [0.2, 0.25) is 0 Å². The largest absolute Gasteiger partial charge is 0.276 e. The van der Waals surface area contributed by atoms with Crippen molar-refractivity contribution in [1.29, 1.82) is 5.26 Å². The predicted molar refractivity (Wildman–Crippen MR) is 56.1 cm³/mol. The molecule has 0 saturated carbocycles. The summed E-state index contributed by atoms with van der Waals surface area (Å²) in [6, 6.07) is 7.62. The summed E-state index contributed by atoms with van der Waals surface area (Å²) in [5.74, 6) is -0.183. The first-order valence-electron chi connectivity index (χ1n) is 4.39. The van der Waals surface area contributed by atoms with Crippen LogP contribution in [-0.2, 0) is 10.0 Å². The van der Waals surface area contributed by atoms with E-state index in [2.05, 4.69) is 25.3 Å². The van der Waals surface area contributed by atoms with Crippen molar-refractivity contribution < 1.29 is 8.42 Å². The highest BCUT2D eigenvalue weighted by Crippen LogP contribution is 2.16. The van der Waals surface area contributed by atoms with E-state index < -0.39 is 10.0 Å². The van der Waals surface area contributed by atoms with Crippen LogP contribution in [0.1, 0.15) is 5.56 Å². The zero-order chi connectivity index (χ0) is 12.3. The number of aromatic amines is 1. The van der Waals surface area contributed by atoms with Crippen LogP contribution in [0.2, 0.25) is 0 Å². The molecule has 1 aromatic carbocycles. The number of H-pyrrole nitrogens is 1. The third-order valence-electron chi connectivity index (χ3n) is 1.87. The molecule has 0 bridgehead atoms. The molecule has 0 aliphatic rings. The van der Waals surface area contributed by atoms with Crippen molar-refractivity contribution in [3.05, 3.63) is 29.8 Å². The van der Waals surface area contributed by atoms with Crippen molar-refractivity contribution in [2.45, 2.75) is 4.90 Å². The number of nitriles is 1. The Balaban J connectivity index is 2.42. The SMILES string of the molecule is N#Cc1ccccc1S(=O)(=O)Nc1nn[nH]n1. The zero-order valence-electron chi connectivity index (χ0n) is 8.32. The molecule has 0 amide bonds. The molecule has 8 nitrogen and oxygen atoms in total. The van der Waals surface area contributed by atoms with Crippen molar-refractivity contribution in [1.82, 2.24) is 20.6 Å². The summed E-state index contributed by atoms with van der Waals surface area (Å²) < 4.78 is 25.9. The number of sulfonamides is 1. The number of nitrogens with one attached hydrogen (secondary N) is 2. The quantitative estimate of drug-likeness (QED) is 0.781. The van der Waals surface area contributed by atoms with Gasteiger partial charge < -0.3 is 0 Å². The van der Waals surface area contributed by atoms with Gasteiger partial charge in [-0.1, -0.05) is 17.2 Å². The average Bonchev–Trinajstić information content (AvgIpc) is 2.81. The van der Waals surface area contributed by atoms with E-state index in [4.69, 9.17) is 5.26 Å². The van der Waals surface area contributed by atoms with E-state index >= 15 is 0 Å². The molecule has 17 heavy (non-hydrogen) atoms. The van der Waals surface area contributed by atoms with Crippen molar-refractivity contribution in [2.24, 2.45) is 0 Å². The normalized spacial score (nSPS) is 10.8. The van der Waals surface area contributed by atoms with Crippen LogP contribution < -0.4 is 4.72 Å². The molecular formula is C8H6N6O2S. The lowest BCUT2D eigenvalue weighted by atomic mass is 10.2. The molecule has 2 aromatic rings. The molecule has 0 radical (unpaired) electrons. The second-order valence-corrected chi connectivity index (χ2v) is 4.60. The fraction of sp³-hybridized carbons (Fsp3) is 0. The van der Waals surface area contributed by atoms with Crippen molar-refractivity contribution in [3.8, 4) is 6.07 Å². The molecule has 0 aliphatic heterocycles. The third kappa shape index (κ3) is 2.21. The van der Waals surface area contributed by atoms with Gasteiger partial charge in [0.25, 0.3) is 16.0 Å². The summed E-state index contributed by atoms with van der Waals surface area (Å²) in [4.78, 5) is -0.132. The molecule has 0 saturated heterocycles. The van der Waals surface area contributed by atoms with Gasteiger partial charge in [0.15, 0.2) is 0 Å². The van der Waals surface area contributed by atoms with E-state index in [1.807, 2.05) is 0 Å². The molecule has 86 valence electrons. The Morgan fingerprint density at radius 3 is 2.76 bits per heavy atom. The van der Waals surface area contributed by atoms with Crippen molar-refractivity contribution >= 4 is 16.0 Å². The molecule has 0 unspecified atom stereocenters. The van der Waals surface area contributed by atoms with E-state index in [0.29, 0.717) is 0 Å². The van der Waals surface area contributed by atoms with Crippen LogP contribution in [0.3, 0.4) is 0 Å². The molecule has 1 heterocycles. The highest BCUT2D eigenvalue weighted by Gasteiger charge is 2.19. The number of hydrogen-bond acceptors (Lipinski definition) is 6. The summed E-state index contributed by atoms with van der Waals surface area (Å²) in [6.45, 7) is 0. The van der Waals surface area contributed by atoms with Crippen LogP contribution in [-0.4, -0.2) is 29.0 Å². The van der Waals surface area contributed by atoms with Crippen LogP contribution >= 0.6 is 0 Å². The van der Waals surface area contributed by atoms with Crippen LogP contribution in [0, 0.1) is 11.3 Å². The number of aromatic nitrogens is 4. The lowest BCUT2D eigenvalue weighted by molar-refractivity contribution is 0.600. The summed E-state index contributed by atoms with van der Waals surface area (Å²) in [6.07, 6.45) is 0. The van der Waals surface area contributed by atoms with Crippen LogP contribution in [0.15, 0.2) is 29.2 Å². The first kappa shape index (κ1) is 11.0. The summed E-state index contributed by atoms with van der Waals surface area (Å²) in [5, 5.41) is 21.1. The lowest BCUT2D eigenvalue weighted by Gasteiger charge is -2.04. The van der Waals surface area contributed by atoms with Gasteiger partial charge in [-0.2, -0.15) is 10.5 Å². The molecular weight excluding hydrogens is 244 g/mol. The summed E-state index contributed by atoms with van der Waals surface area (Å²) >= 11 is 0. The fourth-order valence-electron chi connectivity index (χ4n) is 1.17. The van der Waals surface area contributed by atoms with Crippen molar-refractivity contribution in [2.75, 3.05) is 4.72 Å². The Kier molecular flexibility index (Phi) is 2.71. The first-order valence-corrected chi connectivity index (χ1v) is 5.87. The standard InChI is InChI=1S/C8H6N6O2S/c9-5-6-3-1-2-4-7(6)17(15,16)12-8-10-13-14-11-8/h1-4H,(H2,10,11,12,13,14). The monoisotopic (exact) mass is 250 g/mol. The highest BCUT2D eigenvalue weighted by atomic mass is 32.2. The van der Waals surface area contributed by atoms with Crippen LogP contribution in [0.5, 0.6) is 0 Å². The van der Waals surface area contributed by atoms with E-state index in [9.17, 15) is 8.42 Å². The fourth-order valence-corrected chi connectivity index (χ4v) is 2.27. The van der Waals surface area contributed by atoms with Gasteiger partial charge in [-0.15, -0.1) is 5.10 Å². The van der Waals surface area contributed by atoms with Gasteiger partial charge in [-0.05, 0) is 17.3 Å². The molecule has 0 fully saturated rings. The van der Waals surface area contributed by atoms with E-state index in [0.717, 1.165) is 0 Å². The molecule has 0 atom stereocenters. The van der Waals surface area contributed by atoms with Gasteiger partial charge in [0, 0.05) is 0 Å². The topological polar surface area (TPSA) is 124 Å². The van der Waals surface area contributed by atoms with E-state index in [1.165, 1.54) is 18.2 Å². The Hall–Kier alpha value is -2.47. The minimum absolute atomic E-state index is 0.0449. The maximum Gasteiger partial charge on any atom is 0.276 e. The molecule has 2 rings (SSSR count). The maximum atomic E-state index is 11.9. The number of tetrazole rings is 1. The molecule has 1 aromatic heterocycles. The third-order valence-corrected chi connectivity index (χ3v) is 3.25. The highest BCUT2D eigenvalue weighted by molar-refractivity contribution is 7.92. The Morgan fingerprint density at radius 1 is 1.35 bits per heavy atom. The number of nitrogens with zero attached hydrogens (tertiary/aromatic N) is 4. The maximum absolute atomic E-state index is 11.9. The van der Waals surface area contributed by atoms with Gasteiger partial charge in [0.1, 0.15) is 11.0 Å². The molecule has 9 heteroatoms. The minimum atomic E-state index is -3.88. The van der Waals surface area contributed by atoms with Gasteiger partial charge in [-0.25, -0.2) is 13.1 Å². The van der Waals surface area contributed by atoms with Crippen molar-refractivity contribution in [3.63, 3.8) is 0 Å². The Bertz CT molecular complexity index is 658. The van der Waals surface area contributed by atoms with Crippen LogP contribution in [0.4, 0.5) is 5.95 Å². The smallest absolute Gasteiger partial charge is 0.245 e. The number of benzene rings is 1. The number of anilines is 1. The van der Waals surface area contributed by atoms with Gasteiger partial charge in [0.05, 0.1) is 5.56 Å². The number of rotatable bonds is 3. The molecule has 0 spiro atoms. The van der Waals surface area contributed by atoms with Crippen LogP contribution in [0.25, 0.3) is 0 Å². The second-order valence-electron chi connectivity index (χ2n) is 2.95. The van der Waals surface area contributed by atoms with E-state index in [-0.39, 0.29) is 16.4 Å². The minimum Gasteiger partial charge on any atom is -0.245 e. The number of hydrogen-bond donors (Lipinski definition) is 2. The molecule has 2 N–H and O–H groups in total. The first-order chi connectivity index (χ1) is 8.13. The van der Waals surface area contributed by atoms with Gasteiger partial charge in [-0.3, -0.25) is 0 Å². The van der Waals surface area contributed by atoms with E-state index in [1.54, 1.807) is 12.1 Å². The predicted octanol–water partition coefficient (Wildman–Crippen LogP) is -0.128. The summed E-state index contributed by atoms with van der Waals surface area (Å²) in [7, 11) is -3.88. The molecule has 0 aliphatic carbocycles. The summed E-state index contributed by atoms with van der Waals surface area (Å²) in [5.41, 5.74) is 0.0449. The Labute approximate surface area is 96.3 Å². The zero-order valence-corrected chi connectivity index (χ0v) is 9.14.